The lowest BCUT2D eigenvalue weighted by Gasteiger charge is -2.16. The number of unbranched alkanes of at least 4 members (excludes halogenated alkanes) is 1. The number of hydrogen-bond acceptors (Lipinski definition) is 2. The summed E-state index contributed by atoms with van der Waals surface area (Å²) in [5.41, 5.74) is 0. The minimum Gasteiger partial charge on any atom is -0.493 e. The second-order valence-electron chi connectivity index (χ2n) is 4.38. The lowest BCUT2D eigenvalue weighted by Crippen LogP contribution is -2.11. The number of rotatable bonds is 8. The van der Waals surface area contributed by atoms with Crippen LogP contribution in [0.4, 0.5) is 0 Å². The van der Waals surface area contributed by atoms with E-state index in [0.29, 0.717) is 5.92 Å². The molecule has 0 aliphatic carbocycles. The zero-order valence-electron chi connectivity index (χ0n) is 11.2. The Morgan fingerprint density at radius 2 is 1.82 bits per heavy atom. The molecule has 0 aromatic heterocycles. The van der Waals surface area contributed by atoms with Gasteiger partial charge in [-0.2, -0.15) is 0 Å². The number of ether oxygens (including phenoxy) is 2. The summed E-state index contributed by atoms with van der Waals surface area (Å²) in [5.74, 6) is 2.32. The van der Waals surface area contributed by atoms with Crippen LogP contribution in [0.25, 0.3) is 0 Å². The zero-order chi connectivity index (χ0) is 12.5. The summed E-state index contributed by atoms with van der Waals surface area (Å²) in [6.07, 6.45) is 4.97. The lowest BCUT2D eigenvalue weighted by molar-refractivity contribution is 0.224. The molecule has 1 atom stereocenters. The van der Waals surface area contributed by atoms with Gasteiger partial charge in [0.15, 0.2) is 11.5 Å². The number of benzene rings is 1. The maximum Gasteiger partial charge on any atom is 0.161 e. The molecule has 0 amide bonds. The predicted molar refractivity (Wildman–Crippen MR) is 71.8 cm³/mol. The van der Waals surface area contributed by atoms with Crippen LogP contribution in [0.1, 0.15) is 39.5 Å². The van der Waals surface area contributed by atoms with Crippen LogP contribution in [0, 0.1) is 5.92 Å². The molecule has 1 rings (SSSR count). The van der Waals surface area contributed by atoms with E-state index in [2.05, 4.69) is 13.8 Å². The van der Waals surface area contributed by atoms with Gasteiger partial charge in [0.25, 0.3) is 0 Å². The fourth-order valence-corrected chi connectivity index (χ4v) is 1.84. The van der Waals surface area contributed by atoms with Gasteiger partial charge in [-0.1, -0.05) is 45.2 Å². The molecule has 0 heterocycles. The first-order valence-corrected chi connectivity index (χ1v) is 6.57. The van der Waals surface area contributed by atoms with Crippen molar-refractivity contribution in [2.45, 2.75) is 39.5 Å². The Morgan fingerprint density at radius 1 is 1.12 bits per heavy atom. The van der Waals surface area contributed by atoms with Crippen LogP contribution in [-0.4, -0.2) is 13.7 Å². The topological polar surface area (TPSA) is 18.5 Å². The van der Waals surface area contributed by atoms with E-state index >= 15 is 0 Å². The first kappa shape index (κ1) is 13.9. The maximum atomic E-state index is 5.85. The third-order valence-electron chi connectivity index (χ3n) is 3.09. The van der Waals surface area contributed by atoms with E-state index in [1.165, 1.54) is 25.7 Å². The quantitative estimate of drug-likeness (QED) is 0.670. The van der Waals surface area contributed by atoms with Crippen molar-refractivity contribution in [2.24, 2.45) is 5.92 Å². The van der Waals surface area contributed by atoms with Gasteiger partial charge in [-0.15, -0.1) is 0 Å². The van der Waals surface area contributed by atoms with Crippen LogP contribution < -0.4 is 9.47 Å². The molecule has 17 heavy (non-hydrogen) atoms. The molecule has 1 aromatic rings. The highest BCUT2D eigenvalue weighted by atomic mass is 16.5. The first-order chi connectivity index (χ1) is 8.31. The fraction of sp³-hybridized carbons (Fsp3) is 0.600. The molecule has 2 nitrogen and oxygen atoms in total. The smallest absolute Gasteiger partial charge is 0.161 e. The van der Waals surface area contributed by atoms with Crippen LogP contribution in [0.2, 0.25) is 0 Å². The highest BCUT2D eigenvalue weighted by Gasteiger charge is 2.09. The fourth-order valence-electron chi connectivity index (χ4n) is 1.84. The molecule has 0 aliphatic rings. The standard InChI is InChI=1S/C15H24O2/c1-4-6-9-13(5-2)12-17-15-11-8-7-10-14(15)16-3/h7-8,10-11,13H,4-6,9,12H2,1-3H3. The largest absolute Gasteiger partial charge is 0.493 e. The normalized spacial score (nSPS) is 12.2. The van der Waals surface area contributed by atoms with E-state index in [4.69, 9.17) is 9.47 Å². The van der Waals surface area contributed by atoms with Gasteiger partial charge in [-0.3, -0.25) is 0 Å². The predicted octanol–water partition coefficient (Wildman–Crippen LogP) is 4.29. The molecule has 0 spiro atoms. The van der Waals surface area contributed by atoms with E-state index in [0.717, 1.165) is 18.1 Å². The van der Waals surface area contributed by atoms with E-state index in [9.17, 15) is 0 Å². The van der Waals surface area contributed by atoms with Crippen LogP contribution >= 0.6 is 0 Å². The Morgan fingerprint density at radius 3 is 2.41 bits per heavy atom. The summed E-state index contributed by atoms with van der Waals surface area (Å²) in [5, 5.41) is 0. The van der Waals surface area contributed by atoms with Gasteiger partial charge in [0.05, 0.1) is 13.7 Å². The Balaban J connectivity index is 2.47. The van der Waals surface area contributed by atoms with Crippen molar-refractivity contribution in [2.75, 3.05) is 13.7 Å². The summed E-state index contributed by atoms with van der Waals surface area (Å²) in [7, 11) is 1.68. The van der Waals surface area contributed by atoms with Gasteiger partial charge in [0.1, 0.15) is 0 Å². The van der Waals surface area contributed by atoms with Crippen LogP contribution in [-0.2, 0) is 0 Å². The van der Waals surface area contributed by atoms with Crippen LogP contribution in [0.5, 0.6) is 11.5 Å². The van der Waals surface area contributed by atoms with Gasteiger partial charge in [-0.25, -0.2) is 0 Å². The van der Waals surface area contributed by atoms with Crippen molar-refractivity contribution in [1.82, 2.24) is 0 Å². The summed E-state index contributed by atoms with van der Waals surface area (Å²) in [6.45, 7) is 5.25. The molecule has 96 valence electrons. The molecule has 0 saturated heterocycles. The van der Waals surface area contributed by atoms with Crippen LogP contribution in [0.15, 0.2) is 24.3 Å². The van der Waals surface area contributed by atoms with Gasteiger partial charge in [-0.05, 0) is 24.5 Å². The van der Waals surface area contributed by atoms with Gasteiger partial charge < -0.3 is 9.47 Å². The summed E-state index contributed by atoms with van der Waals surface area (Å²) in [4.78, 5) is 0. The van der Waals surface area contributed by atoms with Crippen molar-refractivity contribution in [3.8, 4) is 11.5 Å². The highest BCUT2D eigenvalue weighted by Crippen LogP contribution is 2.27. The lowest BCUT2D eigenvalue weighted by atomic mass is 10.0. The van der Waals surface area contributed by atoms with Gasteiger partial charge >= 0.3 is 0 Å². The third kappa shape index (κ3) is 4.68. The van der Waals surface area contributed by atoms with E-state index in [-0.39, 0.29) is 0 Å². The van der Waals surface area contributed by atoms with E-state index in [1.54, 1.807) is 7.11 Å². The highest BCUT2D eigenvalue weighted by molar-refractivity contribution is 5.39. The second-order valence-corrected chi connectivity index (χ2v) is 4.38. The molecule has 0 saturated carbocycles. The van der Waals surface area contributed by atoms with Crippen molar-refractivity contribution in [3.05, 3.63) is 24.3 Å². The van der Waals surface area contributed by atoms with Crippen molar-refractivity contribution >= 4 is 0 Å². The molecule has 1 aromatic carbocycles. The minimum atomic E-state index is 0.653. The van der Waals surface area contributed by atoms with Crippen LogP contribution in [0.3, 0.4) is 0 Å². The summed E-state index contributed by atoms with van der Waals surface area (Å²) < 4.78 is 11.1. The summed E-state index contributed by atoms with van der Waals surface area (Å²) in [6, 6.07) is 7.83. The Kier molecular flexibility index (Phi) is 6.53. The van der Waals surface area contributed by atoms with Crippen molar-refractivity contribution in [3.63, 3.8) is 0 Å². The van der Waals surface area contributed by atoms with Gasteiger partial charge in [0.2, 0.25) is 0 Å². The average Bonchev–Trinajstić information content (AvgIpc) is 2.39. The minimum absolute atomic E-state index is 0.653. The number of para-hydroxylation sites is 2. The van der Waals surface area contributed by atoms with E-state index < -0.39 is 0 Å². The second kappa shape index (κ2) is 7.99. The Labute approximate surface area is 105 Å². The summed E-state index contributed by atoms with van der Waals surface area (Å²) >= 11 is 0. The Hall–Kier alpha value is -1.18. The average molecular weight is 236 g/mol. The Bertz CT molecular complexity index is 310. The number of hydrogen-bond donors (Lipinski definition) is 0. The molecular weight excluding hydrogens is 212 g/mol. The van der Waals surface area contributed by atoms with Crippen molar-refractivity contribution < 1.29 is 9.47 Å². The number of methoxy groups -OCH3 is 1. The molecule has 0 fully saturated rings. The molecule has 0 N–H and O–H groups in total. The molecule has 0 radical (unpaired) electrons. The third-order valence-corrected chi connectivity index (χ3v) is 3.09. The SMILES string of the molecule is CCCCC(CC)COc1ccccc1OC. The molecule has 0 bridgehead atoms. The van der Waals surface area contributed by atoms with E-state index in [1.807, 2.05) is 24.3 Å². The van der Waals surface area contributed by atoms with Gasteiger partial charge in [0, 0.05) is 0 Å². The molecule has 2 heteroatoms. The zero-order valence-corrected chi connectivity index (χ0v) is 11.2. The molecule has 1 unspecified atom stereocenters. The molecule has 0 aliphatic heterocycles. The first-order valence-electron chi connectivity index (χ1n) is 6.57. The van der Waals surface area contributed by atoms with Crippen molar-refractivity contribution in [1.29, 1.82) is 0 Å². The monoisotopic (exact) mass is 236 g/mol. The molecular formula is C15H24O2. The maximum absolute atomic E-state index is 5.85.